The van der Waals surface area contributed by atoms with E-state index in [0.29, 0.717) is 11.5 Å². The highest BCUT2D eigenvalue weighted by molar-refractivity contribution is 4.85. The molecule has 0 aliphatic heterocycles. The maximum Gasteiger partial charge on any atom is 0.0462 e. The van der Waals surface area contributed by atoms with Crippen LogP contribution in [0.5, 0.6) is 0 Å². The number of rotatable bonds is 6. The Morgan fingerprint density at radius 1 is 1.22 bits per heavy atom. The van der Waals surface area contributed by atoms with Crippen molar-refractivity contribution in [3.05, 3.63) is 0 Å². The number of methoxy groups -OCH3 is 1. The topological polar surface area (TPSA) is 47.3 Å². The lowest BCUT2D eigenvalue weighted by molar-refractivity contribution is 0.125. The zero-order valence-electron chi connectivity index (χ0n) is 12.7. The van der Waals surface area contributed by atoms with Gasteiger partial charge in [0.05, 0.1) is 0 Å². The smallest absolute Gasteiger partial charge is 0.0462 e. The van der Waals surface area contributed by atoms with Gasteiger partial charge >= 0.3 is 0 Å². The quantitative estimate of drug-likeness (QED) is 0.436. The molecule has 1 saturated carbocycles. The van der Waals surface area contributed by atoms with Crippen LogP contribution in [-0.4, -0.2) is 19.8 Å². The predicted octanol–water partition coefficient (Wildman–Crippen LogP) is 3.10. The molecule has 3 nitrogen and oxygen atoms in total. The lowest BCUT2D eigenvalue weighted by atomic mass is 9.68. The maximum absolute atomic E-state index is 5.72. The van der Waals surface area contributed by atoms with E-state index in [1.165, 1.54) is 25.7 Å². The minimum Gasteiger partial charge on any atom is -0.385 e. The highest BCUT2D eigenvalue weighted by atomic mass is 16.5. The summed E-state index contributed by atoms with van der Waals surface area (Å²) < 4.78 is 5.12. The second-order valence-electron chi connectivity index (χ2n) is 6.89. The van der Waals surface area contributed by atoms with Crippen LogP contribution in [0.25, 0.3) is 0 Å². The molecule has 0 bridgehead atoms. The van der Waals surface area contributed by atoms with Gasteiger partial charge in [0.25, 0.3) is 0 Å². The molecule has 1 aliphatic carbocycles. The molecule has 3 heteroatoms. The molecule has 1 rings (SSSR count). The molecule has 1 atom stereocenters. The molecule has 0 saturated heterocycles. The Balaban J connectivity index is 2.35. The molecule has 1 aliphatic rings. The van der Waals surface area contributed by atoms with E-state index in [4.69, 9.17) is 10.6 Å². The summed E-state index contributed by atoms with van der Waals surface area (Å²) in [4.78, 5) is 0. The molecular weight excluding hydrogens is 224 g/mol. The van der Waals surface area contributed by atoms with Crippen LogP contribution in [0.15, 0.2) is 0 Å². The fourth-order valence-electron chi connectivity index (χ4n) is 3.29. The Labute approximate surface area is 113 Å². The maximum atomic E-state index is 5.72. The molecule has 0 spiro atoms. The van der Waals surface area contributed by atoms with Crippen molar-refractivity contribution >= 4 is 0 Å². The minimum absolute atomic E-state index is 0.465. The summed E-state index contributed by atoms with van der Waals surface area (Å²) in [6.07, 6.45) is 7.60. The molecule has 1 fully saturated rings. The van der Waals surface area contributed by atoms with Crippen LogP contribution in [0.3, 0.4) is 0 Å². The first-order valence-corrected chi connectivity index (χ1v) is 7.44. The van der Waals surface area contributed by atoms with E-state index in [0.717, 1.165) is 31.3 Å². The number of nitrogens with one attached hydrogen (secondary N) is 1. The summed E-state index contributed by atoms with van der Waals surface area (Å²) in [6.45, 7) is 7.95. The molecule has 1 unspecified atom stereocenters. The third-order valence-corrected chi connectivity index (χ3v) is 4.64. The van der Waals surface area contributed by atoms with Gasteiger partial charge in [0.15, 0.2) is 0 Å². The molecule has 0 aromatic heterocycles. The van der Waals surface area contributed by atoms with E-state index in [-0.39, 0.29) is 0 Å². The zero-order chi connectivity index (χ0) is 13.6. The Morgan fingerprint density at radius 3 is 2.28 bits per heavy atom. The van der Waals surface area contributed by atoms with Crippen molar-refractivity contribution in [1.29, 1.82) is 0 Å². The summed E-state index contributed by atoms with van der Waals surface area (Å²) in [6, 6.07) is 0.473. The lowest BCUT2D eigenvalue weighted by Crippen LogP contribution is -2.43. The Hall–Kier alpha value is -0.120. The van der Waals surface area contributed by atoms with Crippen LogP contribution in [0.1, 0.15) is 59.3 Å². The van der Waals surface area contributed by atoms with Gasteiger partial charge in [0.2, 0.25) is 0 Å². The van der Waals surface area contributed by atoms with Crippen molar-refractivity contribution in [2.45, 2.75) is 65.3 Å². The summed E-state index contributed by atoms with van der Waals surface area (Å²) in [5.74, 6) is 7.35. The van der Waals surface area contributed by atoms with Crippen LogP contribution in [0.4, 0.5) is 0 Å². The monoisotopic (exact) mass is 256 g/mol. The highest BCUT2D eigenvalue weighted by Gasteiger charge is 2.32. The molecule has 0 aromatic carbocycles. The number of hydrazine groups is 1. The average molecular weight is 256 g/mol. The van der Waals surface area contributed by atoms with Crippen LogP contribution < -0.4 is 11.3 Å². The van der Waals surface area contributed by atoms with Gasteiger partial charge in [0, 0.05) is 19.8 Å². The molecule has 108 valence electrons. The SMILES string of the molecule is COCCCC(NN)C1CCC(C(C)(C)C)CC1. The van der Waals surface area contributed by atoms with Crippen LogP contribution in [-0.2, 0) is 4.74 Å². The number of hydrogen-bond donors (Lipinski definition) is 2. The number of hydrogen-bond acceptors (Lipinski definition) is 3. The van der Waals surface area contributed by atoms with Crippen molar-refractivity contribution in [3.8, 4) is 0 Å². The van der Waals surface area contributed by atoms with E-state index in [1.807, 2.05) is 0 Å². The van der Waals surface area contributed by atoms with Crippen molar-refractivity contribution in [2.75, 3.05) is 13.7 Å². The van der Waals surface area contributed by atoms with E-state index >= 15 is 0 Å². The molecule has 3 N–H and O–H groups in total. The summed E-state index contributed by atoms with van der Waals surface area (Å²) in [5.41, 5.74) is 3.49. The number of nitrogens with two attached hydrogens (primary N) is 1. The van der Waals surface area contributed by atoms with Gasteiger partial charge in [-0.3, -0.25) is 11.3 Å². The molecule has 0 heterocycles. The molecule has 0 aromatic rings. The molecule has 0 radical (unpaired) electrons. The molecule has 0 amide bonds. The first kappa shape index (κ1) is 15.9. The molecular formula is C15H32N2O. The van der Waals surface area contributed by atoms with Crippen LogP contribution >= 0.6 is 0 Å². The van der Waals surface area contributed by atoms with Gasteiger partial charge in [-0.25, -0.2) is 0 Å². The summed E-state index contributed by atoms with van der Waals surface area (Å²) in [7, 11) is 1.76. The van der Waals surface area contributed by atoms with E-state index in [1.54, 1.807) is 7.11 Å². The van der Waals surface area contributed by atoms with E-state index in [2.05, 4.69) is 26.2 Å². The Morgan fingerprint density at radius 2 is 1.83 bits per heavy atom. The fourth-order valence-corrected chi connectivity index (χ4v) is 3.29. The van der Waals surface area contributed by atoms with Gasteiger partial charge in [-0.15, -0.1) is 0 Å². The zero-order valence-corrected chi connectivity index (χ0v) is 12.7. The van der Waals surface area contributed by atoms with Crippen LogP contribution in [0.2, 0.25) is 0 Å². The van der Waals surface area contributed by atoms with Gasteiger partial charge in [-0.05, 0) is 55.8 Å². The first-order chi connectivity index (χ1) is 8.49. The van der Waals surface area contributed by atoms with Crippen molar-refractivity contribution < 1.29 is 4.74 Å². The third-order valence-electron chi connectivity index (χ3n) is 4.64. The normalized spacial score (nSPS) is 27.2. The number of ether oxygens (including phenoxy) is 1. The van der Waals surface area contributed by atoms with E-state index in [9.17, 15) is 0 Å². The van der Waals surface area contributed by atoms with Gasteiger partial charge in [-0.1, -0.05) is 20.8 Å². The lowest BCUT2D eigenvalue weighted by Gasteiger charge is -2.39. The fraction of sp³-hybridized carbons (Fsp3) is 1.00. The Kier molecular flexibility index (Phi) is 6.61. The average Bonchev–Trinajstić information content (AvgIpc) is 2.34. The first-order valence-electron chi connectivity index (χ1n) is 7.44. The van der Waals surface area contributed by atoms with Gasteiger partial charge in [-0.2, -0.15) is 0 Å². The largest absolute Gasteiger partial charge is 0.385 e. The second kappa shape index (κ2) is 7.46. The summed E-state index contributed by atoms with van der Waals surface area (Å²) >= 11 is 0. The van der Waals surface area contributed by atoms with Crippen molar-refractivity contribution in [3.63, 3.8) is 0 Å². The van der Waals surface area contributed by atoms with Gasteiger partial charge < -0.3 is 4.74 Å². The second-order valence-corrected chi connectivity index (χ2v) is 6.89. The van der Waals surface area contributed by atoms with E-state index < -0.39 is 0 Å². The van der Waals surface area contributed by atoms with Crippen molar-refractivity contribution in [2.24, 2.45) is 23.1 Å². The highest BCUT2D eigenvalue weighted by Crippen LogP contribution is 2.41. The Bertz CT molecular complexity index is 217. The minimum atomic E-state index is 0.465. The van der Waals surface area contributed by atoms with Crippen LogP contribution in [0, 0.1) is 17.3 Å². The van der Waals surface area contributed by atoms with Crippen molar-refractivity contribution in [1.82, 2.24) is 5.43 Å². The molecule has 18 heavy (non-hydrogen) atoms. The third kappa shape index (κ3) is 4.87. The van der Waals surface area contributed by atoms with Gasteiger partial charge in [0.1, 0.15) is 0 Å². The standard InChI is InChI=1S/C15H32N2O/c1-15(2,3)13-9-7-12(8-10-13)14(17-16)6-5-11-18-4/h12-14,17H,5-11,16H2,1-4H3. The summed E-state index contributed by atoms with van der Waals surface area (Å²) in [5, 5.41) is 0. The predicted molar refractivity (Wildman–Crippen MR) is 77.1 cm³/mol.